The number of phenolic OH excluding ortho intramolecular Hbond substituents is 1. The molecular weight excluding hydrogens is 506 g/mol. The third kappa shape index (κ3) is 5.24. The summed E-state index contributed by atoms with van der Waals surface area (Å²) >= 11 is 6.40. The van der Waals surface area contributed by atoms with Crippen LogP contribution in [0.15, 0.2) is 30.3 Å². The third-order valence-corrected chi connectivity index (χ3v) is 7.18. The maximum Gasteiger partial charge on any atom is 0.410 e. The Morgan fingerprint density at radius 3 is 2.58 bits per heavy atom. The number of hydrogen-bond acceptors (Lipinski definition) is 7. The lowest BCUT2D eigenvalue weighted by molar-refractivity contribution is -0.0365. The molecule has 3 heterocycles. The molecule has 1 N–H and O–H groups in total. The summed E-state index contributed by atoms with van der Waals surface area (Å²) in [7, 11) is 0. The number of carbonyl (C=O) groups excluding carboxylic acids is 1. The van der Waals surface area contributed by atoms with Gasteiger partial charge in [0.1, 0.15) is 23.1 Å². The molecule has 1 aromatic heterocycles. The highest BCUT2D eigenvalue weighted by Gasteiger charge is 2.28. The Hall–Kier alpha value is -3.48. The van der Waals surface area contributed by atoms with Crippen LogP contribution in [0, 0.1) is 11.3 Å². The van der Waals surface area contributed by atoms with Crippen molar-refractivity contribution in [3.8, 4) is 23.1 Å². The zero-order valence-electron chi connectivity index (χ0n) is 21.9. The first-order valence-electron chi connectivity index (χ1n) is 12.9. The Kier molecular flexibility index (Phi) is 7.12. The minimum absolute atomic E-state index is 0.129. The lowest BCUT2D eigenvalue weighted by atomic mass is 10.0. The van der Waals surface area contributed by atoms with Gasteiger partial charge >= 0.3 is 6.09 Å². The molecule has 200 valence electrons. The SMILES string of the molecule is CC(C)(C)OC(=O)N1CCN(c2ccc(-c3nn(C4CCCCO4)c4cc(C#N)c(Cl)cc34)cc2O)CC1. The Bertz CT molecular complexity index is 1390. The molecule has 3 aromatic rings. The molecule has 9 nitrogen and oxygen atoms in total. The molecule has 0 spiro atoms. The van der Waals surface area contributed by atoms with Crippen molar-refractivity contribution < 1.29 is 19.4 Å². The minimum Gasteiger partial charge on any atom is -0.506 e. The summed E-state index contributed by atoms with van der Waals surface area (Å²) in [4.78, 5) is 16.2. The zero-order valence-corrected chi connectivity index (χ0v) is 22.7. The van der Waals surface area contributed by atoms with E-state index < -0.39 is 5.60 Å². The highest BCUT2D eigenvalue weighted by Crippen LogP contribution is 2.38. The second-order valence-corrected chi connectivity index (χ2v) is 11.1. The summed E-state index contributed by atoms with van der Waals surface area (Å²) in [5, 5.41) is 26.6. The molecule has 0 radical (unpaired) electrons. The number of anilines is 1. The fourth-order valence-corrected chi connectivity index (χ4v) is 5.19. The van der Waals surface area contributed by atoms with E-state index in [0.717, 1.165) is 35.7 Å². The number of phenols is 1. The molecule has 2 fully saturated rings. The molecular formula is C28H32ClN5O4. The molecule has 38 heavy (non-hydrogen) atoms. The van der Waals surface area contributed by atoms with Gasteiger partial charge < -0.3 is 24.4 Å². The molecule has 2 saturated heterocycles. The third-order valence-electron chi connectivity index (χ3n) is 6.86. The largest absolute Gasteiger partial charge is 0.506 e. The lowest BCUT2D eigenvalue weighted by Gasteiger charge is -2.37. The fraction of sp³-hybridized carbons (Fsp3) is 0.464. The van der Waals surface area contributed by atoms with Gasteiger partial charge in [-0.05, 0) is 64.3 Å². The van der Waals surface area contributed by atoms with Gasteiger partial charge in [0.05, 0.1) is 21.8 Å². The molecule has 10 heteroatoms. The van der Waals surface area contributed by atoms with Gasteiger partial charge in [-0.3, -0.25) is 0 Å². The van der Waals surface area contributed by atoms with Gasteiger partial charge in [0.15, 0.2) is 6.23 Å². The molecule has 1 amide bonds. The fourth-order valence-electron chi connectivity index (χ4n) is 4.99. The maximum absolute atomic E-state index is 12.4. The number of amides is 1. The second-order valence-electron chi connectivity index (χ2n) is 10.7. The zero-order chi connectivity index (χ0) is 27.0. The summed E-state index contributed by atoms with van der Waals surface area (Å²) in [6, 6.07) is 11.2. The number of halogens is 1. The van der Waals surface area contributed by atoms with Crippen LogP contribution >= 0.6 is 11.6 Å². The van der Waals surface area contributed by atoms with Crippen molar-refractivity contribution in [3.05, 3.63) is 40.9 Å². The molecule has 2 aliphatic rings. The quantitative estimate of drug-likeness (QED) is 0.457. The number of hydrogen-bond donors (Lipinski definition) is 1. The summed E-state index contributed by atoms with van der Waals surface area (Å²) in [6.07, 6.45) is 2.34. The van der Waals surface area contributed by atoms with Gasteiger partial charge in [-0.1, -0.05) is 17.7 Å². The van der Waals surface area contributed by atoms with E-state index in [0.29, 0.717) is 54.8 Å². The predicted molar refractivity (Wildman–Crippen MR) is 145 cm³/mol. The molecule has 0 aliphatic carbocycles. The molecule has 2 aromatic carbocycles. The van der Waals surface area contributed by atoms with Crippen molar-refractivity contribution in [3.63, 3.8) is 0 Å². The molecule has 2 aliphatic heterocycles. The van der Waals surface area contributed by atoms with Crippen molar-refractivity contribution in [1.29, 1.82) is 5.26 Å². The van der Waals surface area contributed by atoms with Crippen LogP contribution in [0.3, 0.4) is 0 Å². The van der Waals surface area contributed by atoms with E-state index in [9.17, 15) is 15.2 Å². The molecule has 5 rings (SSSR count). The first-order chi connectivity index (χ1) is 18.1. The first kappa shape index (κ1) is 26.1. The number of aromatic hydroxyl groups is 1. The van der Waals surface area contributed by atoms with Gasteiger partial charge in [0.2, 0.25) is 0 Å². The molecule has 1 unspecified atom stereocenters. The number of nitrogens with zero attached hydrogens (tertiary/aromatic N) is 5. The summed E-state index contributed by atoms with van der Waals surface area (Å²) < 4.78 is 13.3. The Balaban J connectivity index is 1.42. The number of carbonyl (C=O) groups is 1. The number of piperazine rings is 1. The number of rotatable bonds is 3. The number of aromatic nitrogens is 2. The van der Waals surface area contributed by atoms with Crippen LogP contribution in [-0.2, 0) is 9.47 Å². The topological polar surface area (TPSA) is 104 Å². The van der Waals surface area contributed by atoms with Crippen molar-refractivity contribution in [2.45, 2.75) is 51.9 Å². The van der Waals surface area contributed by atoms with Crippen molar-refractivity contribution in [2.75, 3.05) is 37.7 Å². The van der Waals surface area contributed by atoms with Crippen LogP contribution in [0.5, 0.6) is 5.75 Å². The van der Waals surface area contributed by atoms with E-state index in [1.54, 1.807) is 23.1 Å². The van der Waals surface area contributed by atoms with Gasteiger partial charge in [0, 0.05) is 43.7 Å². The highest BCUT2D eigenvalue weighted by atomic mass is 35.5. The van der Waals surface area contributed by atoms with Gasteiger partial charge in [0.25, 0.3) is 0 Å². The monoisotopic (exact) mass is 537 g/mol. The minimum atomic E-state index is -0.539. The van der Waals surface area contributed by atoms with Gasteiger partial charge in [-0.2, -0.15) is 10.4 Å². The van der Waals surface area contributed by atoms with Crippen LogP contribution in [0.1, 0.15) is 51.8 Å². The highest BCUT2D eigenvalue weighted by molar-refractivity contribution is 6.32. The van der Waals surface area contributed by atoms with Crippen LogP contribution in [-0.4, -0.2) is 64.3 Å². The first-order valence-corrected chi connectivity index (χ1v) is 13.3. The van der Waals surface area contributed by atoms with E-state index in [1.807, 2.05) is 37.6 Å². The summed E-state index contributed by atoms with van der Waals surface area (Å²) in [5.74, 6) is 0.129. The van der Waals surface area contributed by atoms with E-state index >= 15 is 0 Å². The standard InChI is InChI=1S/C28H32ClN5O4/c1-28(2,3)38-27(36)33-11-9-32(10-12-33)22-8-7-18(15-24(22)35)26-20-16-21(29)19(17-30)14-23(20)34(31-26)25-6-4-5-13-37-25/h7-8,14-16,25,35H,4-6,9-13H2,1-3H3. The summed E-state index contributed by atoms with van der Waals surface area (Å²) in [5.41, 5.74) is 2.71. The normalized spacial score (nSPS) is 18.4. The number of ether oxygens (including phenoxy) is 2. The molecule has 0 bridgehead atoms. The van der Waals surface area contributed by atoms with Crippen molar-refractivity contribution in [1.82, 2.24) is 14.7 Å². The van der Waals surface area contributed by atoms with Gasteiger partial charge in [-0.25, -0.2) is 9.48 Å². The number of nitriles is 1. The van der Waals surface area contributed by atoms with E-state index in [4.69, 9.17) is 26.2 Å². The lowest BCUT2D eigenvalue weighted by Crippen LogP contribution is -2.50. The molecule has 1 atom stereocenters. The van der Waals surface area contributed by atoms with Crippen LogP contribution in [0.2, 0.25) is 5.02 Å². The second kappa shape index (κ2) is 10.4. The van der Waals surface area contributed by atoms with Crippen LogP contribution < -0.4 is 4.90 Å². The molecule has 0 saturated carbocycles. The number of benzene rings is 2. The van der Waals surface area contributed by atoms with E-state index in [2.05, 4.69) is 11.0 Å². The smallest absolute Gasteiger partial charge is 0.410 e. The average Bonchev–Trinajstić information content (AvgIpc) is 3.26. The Labute approximate surface area is 227 Å². The summed E-state index contributed by atoms with van der Waals surface area (Å²) in [6.45, 7) is 8.39. The van der Waals surface area contributed by atoms with Crippen molar-refractivity contribution >= 4 is 34.3 Å². The van der Waals surface area contributed by atoms with Gasteiger partial charge in [-0.15, -0.1) is 0 Å². The van der Waals surface area contributed by atoms with Crippen LogP contribution in [0.25, 0.3) is 22.2 Å². The van der Waals surface area contributed by atoms with E-state index in [-0.39, 0.29) is 18.1 Å². The van der Waals surface area contributed by atoms with Crippen molar-refractivity contribution in [2.24, 2.45) is 0 Å². The maximum atomic E-state index is 12.4. The number of fused-ring (bicyclic) bond motifs is 1. The van der Waals surface area contributed by atoms with Crippen LogP contribution in [0.4, 0.5) is 10.5 Å². The Morgan fingerprint density at radius 2 is 1.95 bits per heavy atom. The average molecular weight is 538 g/mol. The predicted octanol–water partition coefficient (Wildman–Crippen LogP) is 5.69. The van der Waals surface area contributed by atoms with E-state index in [1.165, 1.54) is 0 Å². The Morgan fingerprint density at radius 1 is 1.18 bits per heavy atom.